The van der Waals surface area contributed by atoms with Gasteiger partial charge in [-0.2, -0.15) is 0 Å². The van der Waals surface area contributed by atoms with Gasteiger partial charge in [0, 0.05) is 12.5 Å². The van der Waals surface area contributed by atoms with Gasteiger partial charge < -0.3 is 10.6 Å². The summed E-state index contributed by atoms with van der Waals surface area (Å²) in [4.78, 5) is 24.9. The predicted octanol–water partition coefficient (Wildman–Crippen LogP) is 4.46. The molecule has 0 atom stereocenters. The van der Waals surface area contributed by atoms with Gasteiger partial charge in [-0.1, -0.05) is 43.5 Å². The van der Waals surface area contributed by atoms with E-state index < -0.39 is 0 Å². The Kier molecular flexibility index (Phi) is 6.58. The number of nitrogens with one attached hydrogen (secondary N) is 2. The minimum atomic E-state index is -0.291. The summed E-state index contributed by atoms with van der Waals surface area (Å²) in [6.45, 7) is 0. The van der Waals surface area contributed by atoms with Crippen LogP contribution in [0.2, 0.25) is 0 Å². The second-order valence-electron chi connectivity index (χ2n) is 7.03. The zero-order chi connectivity index (χ0) is 19.1. The zero-order valence-electron chi connectivity index (χ0n) is 15.3. The summed E-state index contributed by atoms with van der Waals surface area (Å²) in [5.74, 6) is -0.602. The van der Waals surface area contributed by atoms with Crippen molar-refractivity contribution in [3.63, 3.8) is 0 Å². The van der Waals surface area contributed by atoms with E-state index in [0.29, 0.717) is 17.7 Å². The fourth-order valence-electron chi connectivity index (χ4n) is 3.42. The van der Waals surface area contributed by atoms with Crippen molar-refractivity contribution < 1.29 is 14.0 Å². The fraction of sp³-hybridized carbons (Fsp3) is 0.364. The fourth-order valence-corrected chi connectivity index (χ4v) is 3.42. The standard InChI is InChI=1S/C22H25FN2O2/c23-17-13-10-16(11-14-17)12-15-21(26)25-20-9-5-4-8-19(20)22(27)24-18-6-2-1-3-7-18/h4-5,8-11,13-14,18H,1-3,6-7,12,15H2,(H,24,27)(H,25,26). The van der Waals surface area contributed by atoms with Crippen LogP contribution in [0.4, 0.5) is 10.1 Å². The Bertz CT molecular complexity index is 783. The third-order valence-corrected chi connectivity index (χ3v) is 4.94. The SMILES string of the molecule is O=C(CCc1ccc(F)cc1)Nc1ccccc1C(=O)NC1CCCCC1. The van der Waals surface area contributed by atoms with E-state index in [1.54, 1.807) is 36.4 Å². The molecule has 2 aromatic carbocycles. The van der Waals surface area contributed by atoms with Gasteiger partial charge in [0.15, 0.2) is 0 Å². The van der Waals surface area contributed by atoms with Crippen molar-refractivity contribution in [2.75, 3.05) is 5.32 Å². The van der Waals surface area contributed by atoms with Gasteiger partial charge in [0.2, 0.25) is 5.91 Å². The lowest BCUT2D eigenvalue weighted by Gasteiger charge is -2.23. The quantitative estimate of drug-likeness (QED) is 0.791. The molecule has 0 heterocycles. The van der Waals surface area contributed by atoms with Crippen molar-refractivity contribution in [1.82, 2.24) is 5.32 Å². The van der Waals surface area contributed by atoms with E-state index in [1.165, 1.54) is 18.6 Å². The molecule has 0 unspecified atom stereocenters. The average Bonchev–Trinajstić information content (AvgIpc) is 2.69. The number of amides is 2. The Morgan fingerprint density at radius 1 is 0.963 bits per heavy atom. The number of hydrogen-bond donors (Lipinski definition) is 2. The van der Waals surface area contributed by atoms with Crippen LogP contribution in [0.1, 0.15) is 54.4 Å². The number of hydrogen-bond acceptors (Lipinski definition) is 2. The molecule has 1 aliphatic rings. The molecule has 0 aliphatic heterocycles. The lowest BCUT2D eigenvalue weighted by atomic mass is 9.95. The van der Waals surface area contributed by atoms with E-state index in [9.17, 15) is 14.0 Å². The largest absolute Gasteiger partial charge is 0.349 e. The van der Waals surface area contributed by atoms with E-state index in [2.05, 4.69) is 10.6 Å². The van der Waals surface area contributed by atoms with Crippen LogP contribution < -0.4 is 10.6 Å². The summed E-state index contributed by atoms with van der Waals surface area (Å²) in [7, 11) is 0. The molecule has 0 radical (unpaired) electrons. The highest BCUT2D eigenvalue weighted by molar-refractivity contribution is 6.03. The van der Waals surface area contributed by atoms with Gasteiger partial charge in [-0.25, -0.2) is 4.39 Å². The molecule has 1 fully saturated rings. The lowest BCUT2D eigenvalue weighted by Crippen LogP contribution is -2.36. The first-order valence-corrected chi connectivity index (χ1v) is 9.56. The first-order chi connectivity index (χ1) is 13.1. The molecule has 0 spiro atoms. The van der Waals surface area contributed by atoms with Gasteiger partial charge in [-0.3, -0.25) is 9.59 Å². The van der Waals surface area contributed by atoms with Crippen LogP contribution in [0.5, 0.6) is 0 Å². The molecule has 2 amide bonds. The molecule has 2 aromatic rings. The molecule has 1 saturated carbocycles. The van der Waals surface area contributed by atoms with Crippen LogP contribution >= 0.6 is 0 Å². The van der Waals surface area contributed by atoms with Crippen molar-refractivity contribution >= 4 is 17.5 Å². The van der Waals surface area contributed by atoms with E-state index in [1.807, 2.05) is 0 Å². The van der Waals surface area contributed by atoms with E-state index in [-0.39, 0.29) is 30.1 Å². The van der Waals surface area contributed by atoms with Crippen LogP contribution in [0.25, 0.3) is 0 Å². The number of carbonyl (C=O) groups is 2. The number of anilines is 1. The second-order valence-corrected chi connectivity index (χ2v) is 7.03. The summed E-state index contributed by atoms with van der Waals surface area (Å²) in [6.07, 6.45) is 6.33. The third-order valence-electron chi connectivity index (χ3n) is 4.94. The third kappa shape index (κ3) is 5.64. The summed E-state index contributed by atoms with van der Waals surface area (Å²) in [5, 5.41) is 5.92. The molecule has 0 saturated heterocycles. The van der Waals surface area contributed by atoms with Crippen molar-refractivity contribution in [2.24, 2.45) is 0 Å². The molecule has 27 heavy (non-hydrogen) atoms. The maximum Gasteiger partial charge on any atom is 0.253 e. The molecule has 1 aliphatic carbocycles. The predicted molar refractivity (Wildman–Crippen MR) is 104 cm³/mol. The summed E-state index contributed by atoms with van der Waals surface area (Å²) in [5.41, 5.74) is 1.91. The molecule has 0 bridgehead atoms. The Morgan fingerprint density at radius 2 is 1.67 bits per heavy atom. The number of carbonyl (C=O) groups excluding carboxylic acids is 2. The van der Waals surface area contributed by atoms with Gasteiger partial charge >= 0.3 is 0 Å². The number of halogens is 1. The van der Waals surface area contributed by atoms with E-state index in [0.717, 1.165) is 31.2 Å². The molecule has 5 heteroatoms. The van der Waals surface area contributed by atoms with E-state index in [4.69, 9.17) is 0 Å². The second kappa shape index (κ2) is 9.31. The minimum absolute atomic E-state index is 0.142. The van der Waals surface area contributed by atoms with Crippen LogP contribution in [-0.2, 0) is 11.2 Å². The van der Waals surface area contributed by atoms with Gasteiger partial charge in [-0.05, 0) is 49.1 Å². The highest BCUT2D eigenvalue weighted by Gasteiger charge is 2.19. The summed E-state index contributed by atoms with van der Waals surface area (Å²) < 4.78 is 12.9. The number of para-hydroxylation sites is 1. The van der Waals surface area contributed by atoms with Gasteiger partial charge in [-0.15, -0.1) is 0 Å². The Hall–Kier alpha value is -2.69. The van der Waals surface area contributed by atoms with Gasteiger partial charge in [0.25, 0.3) is 5.91 Å². The molecule has 142 valence electrons. The van der Waals surface area contributed by atoms with Crippen molar-refractivity contribution in [3.8, 4) is 0 Å². The highest BCUT2D eigenvalue weighted by atomic mass is 19.1. The minimum Gasteiger partial charge on any atom is -0.349 e. The first-order valence-electron chi connectivity index (χ1n) is 9.56. The molecule has 2 N–H and O–H groups in total. The van der Waals surface area contributed by atoms with Crippen LogP contribution in [-0.4, -0.2) is 17.9 Å². The van der Waals surface area contributed by atoms with Crippen molar-refractivity contribution in [2.45, 2.75) is 51.0 Å². The maximum atomic E-state index is 12.9. The van der Waals surface area contributed by atoms with Crippen molar-refractivity contribution in [3.05, 3.63) is 65.5 Å². The molecule has 4 nitrogen and oxygen atoms in total. The Labute approximate surface area is 159 Å². The Balaban J connectivity index is 1.58. The van der Waals surface area contributed by atoms with Crippen LogP contribution in [0.3, 0.4) is 0 Å². The molecular formula is C22H25FN2O2. The van der Waals surface area contributed by atoms with Gasteiger partial charge in [0.1, 0.15) is 5.82 Å². The monoisotopic (exact) mass is 368 g/mol. The highest BCUT2D eigenvalue weighted by Crippen LogP contribution is 2.20. The lowest BCUT2D eigenvalue weighted by molar-refractivity contribution is -0.116. The molecule has 0 aromatic heterocycles. The van der Waals surface area contributed by atoms with Crippen LogP contribution in [0, 0.1) is 5.82 Å². The smallest absolute Gasteiger partial charge is 0.253 e. The molecule has 3 rings (SSSR count). The summed E-state index contributed by atoms with van der Waals surface area (Å²) >= 11 is 0. The topological polar surface area (TPSA) is 58.2 Å². The van der Waals surface area contributed by atoms with Gasteiger partial charge in [0.05, 0.1) is 11.3 Å². The zero-order valence-corrected chi connectivity index (χ0v) is 15.3. The molecular weight excluding hydrogens is 343 g/mol. The normalized spacial score (nSPS) is 14.6. The number of aryl methyl sites for hydroxylation is 1. The summed E-state index contributed by atoms with van der Waals surface area (Å²) in [6, 6.07) is 13.4. The average molecular weight is 368 g/mol. The van der Waals surface area contributed by atoms with Crippen LogP contribution in [0.15, 0.2) is 48.5 Å². The first kappa shape index (κ1) is 19.1. The Morgan fingerprint density at radius 3 is 2.41 bits per heavy atom. The number of rotatable bonds is 6. The maximum absolute atomic E-state index is 12.9. The number of benzene rings is 2. The van der Waals surface area contributed by atoms with Crippen molar-refractivity contribution in [1.29, 1.82) is 0 Å². The van der Waals surface area contributed by atoms with E-state index >= 15 is 0 Å².